The molecule has 1 aromatic heterocycles. The average molecular weight is 450 g/mol. The molecule has 1 aromatic carbocycles. The van der Waals surface area contributed by atoms with E-state index in [1.807, 2.05) is 38.1 Å². The molecule has 8 heteroatoms. The van der Waals surface area contributed by atoms with E-state index in [-0.39, 0.29) is 25.6 Å². The van der Waals surface area contributed by atoms with Crippen LogP contribution in [0.3, 0.4) is 0 Å². The molecule has 4 N–H and O–H groups in total. The smallest absolute Gasteiger partial charge is 0.306 e. The second-order valence-corrected chi connectivity index (χ2v) is 8.21. The highest BCUT2D eigenvalue weighted by atomic mass is 16.5. The van der Waals surface area contributed by atoms with Crippen molar-refractivity contribution in [3.63, 3.8) is 0 Å². The molecule has 8 nitrogen and oxygen atoms in total. The number of ether oxygens (including phenoxy) is 3. The summed E-state index contributed by atoms with van der Waals surface area (Å²) in [6.07, 6.45) is 3.18. The second-order valence-electron chi connectivity index (χ2n) is 8.21. The van der Waals surface area contributed by atoms with Gasteiger partial charge in [-0.1, -0.05) is 26.0 Å². The number of benzene rings is 1. The summed E-state index contributed by atoms with van der Waals surface area (Å²) in [7, 11) is 1.65. The number of rotatable bonds is 15. The van der Waals surface area contributed by atoms with Gasteiger partial charge in [0.1, 0.15) is 5.75 Å². The first-order valence-corrected chi connectivity index (χ1v) is 10.8. The number of carboxylic acid groups (broad SMARTS) is 1. The van der Waals surface area contributed by atoms with Crippen molar-refractivity contribution in [2.45, 2.75) is 45.4 Å². The molecule has 0 saturated carbocycles. The van der Waals surface area contributed by atoms with E-state index >= 15 is 0 Å². The molecule has 0 fully saturated rings. The third-order valence-corrected chi connectivity index (χ3v) is 5.32. The van der Waals surface area contributed by atoms with E-state index in [9.17, 15) is 15.0 Å². The zero-order valence-corrected chi connectivity index (χ0v) is 19.0. The summed E-state index contributed by atoms with van der Waals surface area (Å²) in [5, 5.41) is 19.6. The van der Waals surface area contributed by atoms with E-state index in [2.05, 4.69) is 0 Å². The van der Waals surface area contributed by atoms with Crippen LogP contribution >= 0.6 is 0 Å². The van der Waals surface area contributed by atoms with Crippen LogP contribution in [0.2, 0.25) is 0 Å². The van der Waals surface area contributed by atoms with Crippen LogP contribution in [0, 0.1) is 11.8 Å². The fraction of sp³-hybridized carbons (Fsp3) is 0.542. The van der Waals surface area contributed by atoms with Gasteiger partial charge in [0.05, 0.1) is 50.4 Å². The minimum absolute atomic E-state index is 0.0914. The summed E-state index contributed by atoms with van der Waals surface area (Å²) in [5.41, 5.74) is 8.76. The molecule has 0 aliphatic rings. The summed E-state index contributed by atoms with van der Waals surface area (Å²) >= 11 is 0. The number of furan rings is 1. The zero-order valence-electron chi connectivity index (χ0n) is 19.0. The highest BCUT2D eigenvalue weighted by Gasteiger charge is 2.27. The molecule has 0 radical (unpaired) electrons. The maximum Gasteiger partial charge on any atom is 0.306 e. The summed E-state index contributed by atoms with van der Waals surface area (Å²) in [6.45, 7) is 5.15. The van der Waals surface area contributed by atoms with Gasteiger partial charge in [0.25, 0.3) is 0 Å². The highest BCUT2D eigenvalue weighted by molar-refractivity contribution is 5.70. The van der Waals surface area contributed by atoms with Crippen molar-refractivity contribution in [3.05, 3.63) is 42.4 Å². The fourth-order valence-corrected chi connectivity index (χ4v) is 3.33. The molecular weight excluding hydrogens is 414 g/mol. The molecule has 32 heavy (non-hydrogen) atoms. The van der Waals surface area contributed by atoms with Crippen molar-refractivity contribution in [3.8, 4) is 16.9 Å². The molecule has 1 heterocycles. The van der Waals surface area contributed by atoms with Crippen molar-refractivity contribution in [1.82, 2.24) is 0 Å². The Morgan fingerprint density at radius 1 is 1.22 bits per heavy atom. The number of nitrogens with two attached hydrogens (primary N) is 1. The van der Waals surface area contributed by atoms with E-state index in [1.54, 1.807) is 19.6 Å². The first-order valence-electron chi connectivity index (χ1n) is 10.8. The first kappa shape index (κ1) is 25.9. The lowest BCUT2D eigenvalue weighted by molar-refractivity contribution is -0.144. The highest BCUT2D eigenvalue weighted by Crippen LogP contribution is 2.32. The van der Waals surface area contributed by atoms with Gasteiger partial charge in [-0.05, 0) is 30.0 Å². The largest absolute Gasteiger partial charge is 0.493 e. The molecule has 0 bridgehead atoms. The number of aliphatic hydroxyl groups excluding tert-OH is 1. The quantitative estimate of drug-likeness (QED) is 0.354. The SMILES string of the molecule is COCCCOc1cc(COCC(N)C(O)CC(C(=O)O)C(C)C)ccc1-c1ccoc1. The summed E-state index contributed by atoms with van der Waals surface area (Å²) in [6, 6.07) is 6.99. The Kier molecular flexibility index (Phi) is 10.7. The van der Waals surface area contributed by atoms with Crippen LogP contribution < -0.4 is 10.5 Å². The summed E-state index contributed by atoms with van der Waals surface area (Å²) in [4.78, 5) is 11.3. The van der Waals surface area contributed by atoms with Gasteiger partial charge in [0, 0.05) is 31.3 Å². The normalized spacial score (nSPS) is 14.3. The minimum Gasteiger partial charge on any atom is -0.493 e. The Labute approximate surface area is 189 Å². The minimum atomic E-state index is -0.957. The lowest BCUT2D eigenvalue weighted by atomic mass is 9.88. The van der Waals surface area contributed by atoms with E-state index in [1.165, 1.54) is 0 Å². The van der Waals surface area contributed by atoms with Crippen molar-refractivity contribution in [2.24, 2.45) is 17.6 Å². The molecule has 0 saturated heterocycles. The molecule has 3 atom stereocenters. The number of aliphatic hydroxyl groups is 1. The Balaban J connectivity index is 1.94. The van der Waals surface area contributed by atoms with Crippen LogP contribution in [0.1, 0.15) is 32.3 Å². The van der Waals surface area contributed by atoms with Crippen LogP contribution in [-0.4, -0.2) is 55.3 Å². The number of carboxylic acids is 1. The van der Waals surface area contributed by atoms with Crippen LogP contribution in [0.5, 0.6) is 5.75 Å². The maximum absolute atomic E-state index is 11.3. The van der Waals surface area contributed by atoms with Gasteiger partial charge in [0.15, 0.2) is 0 Å². The Bertz CT molecular complexity index is 807. The van der Waals surface area contributed by atoms with Crippen LogP contribution in [0.4, 0.5) is 0 Å². The summed E-state index contributed by atoms with van der Waals surface area (Å²) < 4.78 is 21.9. The van der Waals surface area contributed by atoms with Gasteiger partial charge < -0.3 is 34.6 Å². The van der Waals surface area contributed by atoms with Crippen molar-refractivity contribution in [2.75, 3.05) is 26.9 Å². The Hall–Kier alpha value is -2.39. The predicted molar refractivity (Wildman–Crippen MR) is 120 cm³/mol. The third-order valence-electron chi connectivity index (χ3n) is 5.32. The Morgan fingerprint density at radius 3 is 2.62 bits per heavy atom. The molecule has 2 rings (SSSR count). The number of carbonyl (C=O) groups is 1. The molecule has 0 aliphatic heterocycles. The topological polar surface area (TPSA) is 124 Å². The second kappa shape index (κ2) is 13.2. The molecule has 3 unspecified atom stereocenters. The maximum atomic E-state index is 11.3. The van der Waals surface area contributed by atoms with Gasteiger partial charge in [0.2, 0.25) is 0 Å². The number of methoxy groups -OCH3 is 1. The van der Waals surface area contributed by atoms with Crippen molar-refractivity contribution < 1.29 is 33.6 Å². The molecule has 0 amide bonds. The summed E-state index contributed by atoms with van der Waals surface area (Å²) in [5.74, 6) is -0.951. The monoisotopic (exact) mass is 449 g/mol. The molecule has 2 aromatic rings. The number of hydrogen-bond acceptors (Lipinski definition) is 7. The lowest BCUT2D eigenvalue weighted by Crippen LogP contribution is -2.41. The predicted octanol–water partition coefficient (Wildman–Crippen LogP) is 3.31. The lowest BCUT2D eigenvalue weighted by Gasteiger charge is -2.24. The van der Waals surface area contributed by atoms with Gasteiger partial charge in [-0.15, -0.1) is 0 Å². The van der Waals surface area contributed by atoms with Gasteiger partial charge >= 0.3 is 5.97 Å². The number of aliphatic carboxylic acids is 1. The van der Waals surface area contributed by atoms with Gasteiger partial charge in [-0.25, -0.2) is 0 Å². The average Bonchev–Trinajstić information content (AvgIpc) is 3.29. The Morgan fingerprint density at radius 2 is 2.00 bits per heavy atom. The van der Waals surface area contributed by atoms with Crippen LogP contribution in [0.15, 0.2) is 41.2 Å². The molecule has 0 aliphatic carbocycles. The van der Waals surface area contributed by atoms with Crippen LogP contribution in [-0.2, 0) is 20.9 Å². The number of hydrogen-bond donors (Lipinski definition) is 3. The van der Waals surface area contributed by atoms with E-state index in [0.29, 0.717) is 19.0 Å². The standard InChI is InChI=1S/C24H35NO7/c1-16(2)20(24(27)28)12-22(26)21(25)15-31-13-17-5-6-19(18-7-10-30-14-18)23(11-17)32-9-4-8-29-3/h5-7,10-11,14,16,20-22,26H,4,8-9,12-13,15,25H2,1-3H3,(H,27,28). The fourth-order valence-electron chi connectivity index (χ4n) is 3.33. The van der Waals surface area contributed by atoms with Crippen molar-refractivity contribution in [1.29, 1.82) is 0 Å². The van der Waals surface area contributed by atoms with Crippen molar-refractivity contribution >= 4 is 5.97 Å². The van der Waals surface area contributed by atoms with Gasteiger partial charge in [-0.2, -0.15) is 0 Å². The van der Waals surface area contributed by atoms with E-state index in [4.69, 9.17) is 24.4 Å². The van der Waals surface area contributed by atoms with Gasteiger partial charge in [-0.3, -0.25) is 4.79 Å². The van der Waals surface area contributed by atoms with E-state index in [0.717, 1.165) is 23.1 Å². The zero-order chi connectivity index (χ0) is 23.5. The van der Waals surface area contributed by atoms with Crippen LogP contribution in [0.25, 0.3) is 11.1 Å². The third kappa shape index (κ3) is 7.94. The molecular formula is C24H35NO7. The molecule has 0 spiro atoms. The molecule has 178 valence electrons. The van der Waals surface area contributed by atoms with E-state index < -0.39 is 24.0 Å². The first-order chi connectivity index (χ1) is 15.3.